The van der Waals surface area contributed by atoms with Gasteiger partial charge in [0.2, 0.25) is 0 Å². The van der Waals surface area contributed by atoms with Crippen molar-refractivity contribution in [1.29, 1.82) is 0 Å². The Morgan fingerprint density at radius 1 is 1.32 bits per heavy atom. The number of benzene rings is 1. The van der Waals surface area contributed by atoms with Crippen molar-refractivity contribution < 1.29 is 8.78 Å². The Hall–Kier alpha value is -1.56. The molecule has 0 saturated carbocycles. The predicted molar refractivity (Wildman–Crippen MR) is 73.5 cm³/mol. The number of thioether (sulfide) groups is 1. The number of aromatic nitrogens is 2. The van der Waals surface area contributed by atoms with Crippen LogP contribution in [-0.4, -0.2) is 15.5 Å². The van der Waals surface area contributed by atoms with E-state index in [4.69, 9.17) is 0 Å². The van der Waals surface area contributed by atoms with Crippen molar-refractivity contribution in [3.05, 3.63) is 42.2 Å². The van der Waals surface area contributed by atoms with E-state index in [9.17, 15) is 8.78 Å². The summed E-state index contributed by atoms with van der Waals surface area (Å²) in [4.78, 5) is 0.556. The lowest BCUT2D eigenvalue weighted by Gasteiger charge is -2.12. The van der Waals surface area contributed by atoms with E-state index in [0.717, 1.165) is 17.9 Å². The molecule has 0 radical (unpaired) electrons. The molecule has 2 aromatic rings. The van der Waals surface area contributed by atoms with E-state index in [1.807, 2.05) is 23.7 Å². The number of hydrogen-bond acceptors (Lipinski definition) is 3. The highest BCUT2D eigenvalue weighted by Crippen LogP contribution is 2.31. The van der Waals surface area contributed by atoms with Gasteiger partial charge in [-0.3, -0.25) is 4.68 Å². The molecule has 2 rings (SSSR count). The highest BCUT2D eigenvalue weighted by molar-refractivity contribution is 7.99. The number of nitrogens with zero attached hydrogens (tertiary/aromatic N) is 2. The molecule has 0 atom stereocenters. The number of anilines is 1. The molecular weight excluding hydrogens is 268 g/mol. The van der Waals surface area contributed by atoms with Gasteiger partial charge in [-0.2, -0.15) is 13.9 Å². The predicted octanol–water partition coefficient (Wildman–Crippen LogP) is 3.83. The number of halogens is 2. The SMILES string of the molecule is CCn1nccc1CNc1ccccc1SC(F)F. The third kappa shape index (κ3) is 3.70. The molecule has 0 unspecified atom stereocenters. The first-order chi connectivity index (χ1) is 9.20. The first kappa shape index (κ1) is 13.9. The van der Waals surface area contributed by atoms with Crippen LogP contribution < -0.4 is 5.32 Å². The highest BCUT2D eigenvalue weighted by Gasteiger charge is 2.09. The molecule has 0 spiro atoms. The minimum absolute atomic E-state index is 0.554. The average molecular weight is 283 g/mol. The number of nitrogens with one attached hydrogen (secondary N) is 1. The van der Waals surface area contributed by atoms with Crippen molar-refractivity contribution in [2.45, 2.75) is 30.7 Å². The summed E-state index contributed by atoms with van der Waals surface area (Å²) < 4.78 is 26.8. The zero-order valence-electron chi connectivity index (χ0n) is 10.5. The van der Waals surface area contributed by atoms with Gasteiger partial charge in [0, 0.05) is 23.3 Å². The Kier molecular flexibility index (Phi) is 4.79. The minimum atomic E-state index is -2.41. The monoisotopic (exact) mass is 283 g/mol. The van der Waals surface area contributed by atoms with Gasteiger partial charge >= 0.3 is 0 Å². The lowest BCUT2D eigenvalue weighted by molar-refractivity contribution is 0.252. The van der Waals surface area contributed by atoms with Gasteiger partial charge in [0.15, 0.2) is 0 Å². The van der Waals surface area contributed by atoms with E-state index in [1.54, 1.807) is 24.4 Å². The second-order valence-electron chi connectivity index (χ2n) is 3.87. The zero-order chi connectivity index (χ0) is 13.7. The van der Waals surface area contributed by atoms with Crippen molar-refractivity contribution in [2.24, 2.45) is 0 Å². The van der Waals surface area contributed by atoms with Crippen molar-refractivity contribution in [2.75, 3.05) is 5.32 Å². The largest absolute Gasteiger partial charge is 0.378 e. The van der Waals surface area contributed by atoms with Crippen molar-refractivity contribution in [3.63, 3.8) is 0 Å². The second kappa shape index (κ2) is 6.56. The summed E-state index contributed by atoms with van der Waals surface area (Å²) in [6, 6.07) is 8.99. The van der Waals surface area contributed by atoms with E-state index in [1.165, 1.54) is 0 Å². The van der Waals surface area contributed by atoms with Crippen LogP contribution in [0.2, 0.25) is 0 Å². The number of hydrogen-bond donors (Lipinski definition) is 1. The van der Waals surface area contributed by atoms with Crippen molar-refractivity contribution >= 4 is 17.4 Å². The summed E-state index contributed by atoms with van der Waals surface area (Å²) in [6.45, 7) is 3.36. The minimum Gasteiger partial charge on any atom is -0.378 e. The Morgan fingerprint density at radius 2 is 2.11 bits per heavy atom. The molecule has 0 aliphatic heterocycles. The van der Waals surface area contributed by atoms with Crippen molar-refractivity contribution in [1.82, 2.24) is 9.78 Å². The fraction of sp³-hybridized carbons (Fsp3) is 0.308. The van der Waals surface area contributed by atoms with Gasteiger partial charge in [-0.15, -0.1) is 0 Å². The molecular formula is C13H15F2N3S. The Morgan fingerprint density at radius 3 is 2.84 bits per heavy atom. The fourth-order valence-electron chi connectivity index (χ4n) is 1.79. The summed E-state index contributed by atoms with van der Waals surface area (Å²) in [7, 11) is 0. The number of rotatable bonds is 6. The van der Waals surface area contributed by atoms with Gasteiger partial charge in [0.25, 0.3) is 5.76 Å². The van der Waals surface area contributed by atoms with Crippen LogP contribution in [0.4, 0.5) is 14.5 Å². The maximum absolute atomic E-state index is 12.5. The van der Waals surface area contributed by atoms with E-state index in [-0.39, 0.29) is 0 Å². The summed E-state index contributed by atoms with van der Waals surface area (Å²) in [6.07, 6.45) is 1.74. The molecule has 102 valence electrons. The molecule has 0 aliphatic rings. The van der Waals surface area contributed by atoms with E-state index < -0.39 is 5.76 Å². The van der Waals surface area contributed by atoms with Crippen LogP contribution in [0.25, 0.3) is 0 Å². The Bertz CT molecular complexity index is 528. The van der Waals surface area contributed by atoms with Gasteiger partial charge in [-0.1, -0.05) is 23.9 Å². The fourth-order valence-corrected chi connectivity index (χ4v) is 2.41. The van der Waals surface area contributed by atoms with Crippen LogP contribution in [-0.2, 0) is 13.1 Å². The average Bonchev–Trinajstić information content (AvgIpc) is 2.84. The number of para-hydroxylation sites is 1. The summed E-state index contributed by atoms with van der Waals surface area (Å²) in [5.41, 5.74) is 1.75. The van der Waals surface area contributed by atoms with Gasteiger partial charge in [0.05, 0.1) is 12.2 Å². The van der Waals surface area contributed by atoms with Crippen LogP contribution in [0.3, 0.4) is 0 Å². The third-order valence-corrected chi connectivity index (χ3v) is 3.46. The normalized spacial score (nSPS) is 10.9. The van der Waals surface area contributed by atoms with Crippen LogP contribution in [0.5, 0.6) is 0 Å². The first-order valence-corrected chi connectivity index (χ1v) is 6.87. The second-order valence-corrected chi connectivity index (χ2v) is 4.90. The molecule has 1 aromatic heterocycles. The Labute approximate surface area is 115 Å². The Balaban J connectivity index is 2.07. The van der Waals surface area contributed by atoms with Crippen LogP contribution in [0.15, 0.2) is 41.4 Å². The van der Waals surface area contributed by atoms with Gasteiger partial charge in [-0.25, -0.2) is 0 Å². The topological polar surface area (TPSA) is 29.9 Å². The molecule has 1 aromatic carbocycles. The van der Waals surface area contributed by atoms with E-state index in [0.29, 0.717) is 23.2 Å². The van der Waals surface area contributed by atoms with Crippen LogP contribution in [0, 0.1) is 0 Å². The van der Waals surface area contributed by atoms with Crippen molar-refractivity contribution in [3.8, 4) is 0 Å². The lowest BCUT2D eigenvalue weighted by atomic mass is 10.3. The third-order valence-electron chi connectivity index (χ3n) is 2.67. The molecule has 19 heavy (non-hydrogen) atoms. The number of alkyl halides is 2. The first-order valence-electron chi connectivity index (χ1n) is 5.99. The molecule has 0 fully saturated rings. The quantitative estimate of drug-likeness (QED) is 0.817. The van der Waals surface area contributed by atoms with E-state index >= 15 is 0 Å². The number of aryl methyl sites for hydroxylation is 1. The van der Waals surface area contributed by atoms with Gasteiger partial charge < -0.3 is 5.32 Å². The highest BCUT2D eigenvalue weighted by atomic mass is 32.2. The van der Waals surface area contributed by atoms with Crippen LogP contribution in [0.1, 0.15) is 12.6 Å². The molecule has 1 N–H and O–H groups in total. The molecule has 6 heteroatoms. The molecule has 0 amide bonds. The summed E-state index contributed by atoms with van der Waals surface area (Å²) in [5.74, 6) is -2.41. The van der Waals surface area contributed by atoms with Gasteiger partial charge in [0.1, 0.15) is 0 Å². The maximum atomic E-state index is 12.5. The lowest BCUT2D eigenvalue weighted by Crippen LogP contribution is -2.08. The molecule has 0 aliphatic carbocycles. The smallest absolute Gasteiger partial charge is 0.288 e. The maximum Gasteiger partial charge on any atom is 0.288 e. The van der Waals surface area contributed by atoms with Crippen LogP contribution >= 0.6 is 11.8 Å². The van der Waals surface area contributed by atoms with Gasteiger partial charge in [-0.05, 0) is 25.1 Å². The molecule has 0 bridgehead atoms. The molecule has 1 heterocycles. The molecule has 0 saturated heterocycles. The van der Waals surface area contributed by atoms with E-state index in [2.05, 4.69) is 10.4 Å². The summed E-state index contributed by atoms with van der Waals surface area (Å²) >= 11 is 0.554. The zero-order valence-corrected chi connectivity index (χ0v) is 11.3. The standard InChI is InChI=1S/C13H15F2N3S/c1-2-18-10(7-8-17-18)9-16-11-5-3-4-6-12(11)19-13(14)15/h3-8,13,16H,2,9H2,1H3. The molecule has 3 nitrogen and oxygen atoms in total. The summed E-state index contributed by atoms with van der Waals surface area (Å²) in [5, 5.41) is 7.35.